The first-order valence-electron chi connectivity index (χ1n) is 4.86. The number of rotatable bonds is 5. The normalized spacial score (nSPS) is 13.4. The van der Waals surface area contributed by atoms with Crippen LogP contribution in [0.1, 0.15) is 6.92 Å². The zero-order valence-electron chi connectivity index (χ0n) is 9.19. The zero-order valence-corrected chi connectivity index (χ0v) is 11.6. The highest BCUT2D eigenvalue weighted by Gasteiger charge is 2.12. The number of sulfonamides is 1. The van der Waals surface area contributed by atoms with E-state index in [0.29, 0.717) is 10.2 Å². The van der Waals surface area contributed by atoms with Crippen LogP contribution in [-0.2, 0) is 10.0 Å². The highest BCUT2D eigenvalue weighted by atomic mass is 79.9. The quantitative estimate of drug-likeness (QED) is 0.898. The van der Waals surface area contributed by atoms with Crippen molar-refractivity contribution in [1.29, 1.82) is 0 Å². The van der Waals surface area contributed by atoms with E-state index in [4.69, 9.17) is 9.88 Å². The molecule has 0 aliphatic carbocycles. The molecule has 0 radical (unpaired) electrons. The van der Waals surface area contributed by atoms with E-state index in [0.717, 1.165) is 0 Å². The van der Waals surface area contributed by atoms with Crippen molar-refractivity contribution in [2.24, 2.45) is 11.1 Å². The van der Waals surface area contributed by atoms with Gasteiger partial charge in [0.1, 0.15) is 11.6 Å². The van der Waals surface area contributed by atoms with Crippen LogP contribution < -0.4 is 9.88 Å². The number of ether oxygens (including phenoxy) is 1. The van der Waals surface area contributed by atoms with E-state index in [1.54, 1.807) is 13.0 Å². The summed E-state index contributed by atoms with van der Waals surface area (Å²) < 4.78 is 40.4. The van der Waals surface area contributed by atoms with Gasteiger partial charge in [0.15, 0.2) is 0 Å². The first kappa shape index (κ1) is 14.4. The predicted octanol–water partition coefficient (Wildman–Crippen LogP) is 1.89. The largest absolute Gasteiger partial charge is 0.493 e. The molecule has 96 valence electrons. The van der Waals surface area contributed by atoms with Gasteiger partial charge < -0.3 is 4.74 Å². The van der Waals surface area contributed by atoms with Gasteiger partial charge in [0.05, 0.1) is 16.8 Å². The molecule has 0 aromatic heterocycles. The molecule has 0 aliphatic heterocycles. The summed E-state index contributed by atoms with van der Waals surface area (Å²) in [5.41, 5.74) is 0. The molecule has 0 spiro atoms. The number of benzene rings is 1. The Morgan fingerprint density at radius 1 is 1.53 bits per heavy atom. The van der Waals surface area contributed by atoms with Crippen molar-refractivity contribution < 1.29 is 17.5 Å². The van der Waals surface area contributed by atoms with Crippen LogP contribution in [-0.4, -0.2) is 20.8 Å². The molecule has 0 fully saturated rings. The maximum Gasteiger partial charge on any atom is 0.209 e. The van der Waals surface area contributed by atoms with Crippen LogP contribution in [0.3, 0.4) is 0 Å². The minimum absolute atomic E-state index is 0.161. The third-order valence-electron chi connectivity index (χ3n) is 1.94. The average Bonchev–Trinajstić information content (AvgIpc) is 2.17. The number of hydrogen-bond donors (Lipinski definition) is 1. The average molecular weight is 326 g/mol. The number of nitrogens with two attached hydrogens (primary N) is 1. The molecule has 0 bridgehead atoms. The summed E-state index contributed by atoms with van der Waals surface area (Å²) in [5.74, 6) is -0.489. The fourth-order valence-corrected chi connectivity index (χ4v) is 2.39. The van der Waals surface area contributed by atoms with E-state index >= 15 is 0 Å². The Hall–Kier alpha value is -0.660. The standard InChI is InChI=1S/C10H13BrFNO3S/c1-7(6-17(13,14)15)5-16-8-2-3-9(11)10(12)4-8/h2-4,7H,5-6H2,1H3,(H2,13,14,15). The molecule has 2 N–H and O–H groups in total. The van der Waals surface area contributed by atoms with Crippen molar-refractivity contribution in [1.82, 2.24) is 0 Å². The van der Waals surface area contributed by atoms with Crippen molar-refractivity contribution in [2.45, 2.75) is 6.92 Å². The molecule has 0 amide bonds. The fraction of sp³-hybridized carbons (Fsp3) is 0.400. The zero-order chi connectivity index (χ0) is 13.1. The van der Waals surface area contributed by atoms with Crippen LogP contribution in [0, 0.1) is 11.7 Å². The summed E-state index contributed by atoms with van der Waals surface area (Å²) in [6.45, 7) is 1.86. The second-order valence-electron chi connectivity index (χ2n) is 3.82. The first-order chi connectivity index (χ1) is 7.78. The monoisotopic (exact) mass is 325 g/mol. The predicted molar refractivity (Wildman–Crippen MR) is 66.7 cm³/mol. The lowest BCUT2D eigenvalue weighted by Crippen LogP contribution is -2.25. The first-order valence-corrected chi connectivity index (χ1v) is 7.37. The molecule has 0 aliphatic rings. The summed E-state index contributed by atoms with van der Waals surface area (Å²) in [7, 11) is -3.50. The van der Waals surface area contributed by atoms with Crippen molar-refractivity contribution in [3.63, 3.8) is 0 Å². The highest BCUT2D eigenvalue weighted by Crippen LogP contribution is 2.21. The molecule has 0 saturated carbocycles. The van der Waals surface area contributed by atoms with E-state index in [1.165, 1.54) is 12.1 Å². The molecular formula is C10H13BrFNO3S. The van der Waals surface area contributed by atoms with Crippen molar-refractivity contribution in [3.8, 4) is 5.75 Å². The Labute approximate surface area is 108 Å². The van der Waals surface area contributed by atoms with E-state index in [1.807, 2.05) is 0 Å². The molecule has 1 unspecified atom stereocenters. The van der Waals surface area contributed by atoms with Gasteiger partial charge in [-0.2, -0.15) is 0 Å². The van der Waals surface area contributed by atoms with Crippen molar-refractivity contribution in [3.05, 3.63) is 28.5 Å². The van der Waals surface area contributed by atoms with Crippen molar-refractivity contribution >= 4 is 26.0 Å². The van der Waals surface area contributed by atoms with Crippen LogP contribution in [0.5, 0.6) is 5.75 Å². The molecule has 4 nitrogen and oxygen atoms in total. The lowest BCUT2D eigenvalue weighted by atomic mass is 10.2. The van der Waals surface area contributed by atoms with Gasteiger partial charge in [0, 0.05) is 12.0 Å². The van der Waals surface area contributed by atoms with E-state index in [-0.39, 0.29) is 18.3 Å². The third-order valence-corrected chi connectivity index (χ3v) is 3.62. The van der Waals surface area contributed by atoms with Gasteiger partial charge in [-0.25, -0.2) is 17.9 Å². The third kappa shape index (κ3) is 5.47. The van der Waals surface area contributed by atoms with E-state index in [2.05, 4.69) is 15.9 Å². The molecule has 7 heteroatoms. The molecule has 17 heavy (non-hydrogen) atoms. The summed E-state index contributed by atoms with van der Waals surface area (Å²) in [4.78, 5) is 0. The molecule has 0 saturated heterocycles. The Morgan fingerprint density at radius 2 is 2.18 bits per heavy atom. The Bertz CT molecular complexity index is 492. The van der Waals surface area contributed by atoms with Gasteiger partial charge in [-0.1, -0.05) is 6.92 Å². The molecule has 1 aromatic carbocycles. The number of hydrogen-bond acceptors (Lipinski definition) is 3. The van der Waals surface area contributed by atoms with E-state index < -0.39 is 15.8 Å². The van der Waals surface area contributed by atoms with E-state index in [9.17, 15) is 12.8 Å². The van der Waals surface area contributed by atoms with Crippen molar-refractivity contribution in [2.75, 3.05) is 12.4 Å². The highest BCUT2D eigenvalue weighted by molar-refractivity contribution is 9.10. The fourth-order valence-electron chi connectivity index (χ4n) is 1.25. The minimum Gasteiger partial charge on any atom is -0.493 e. The molecule has 0 heterocycles. The molecule has 1 rings (SSSR count). The van der Waals surface area contributed by atoms with Gasteiger partial charge in [0.2, 0.25) is 10.0 Å². The minimum atomic E-state index is -3.50. The lowest BCUT2D eigenvalue weighted by molar-refractivity contribution is 0.270. The van der Waals surface area contributed by atoms with Gasteiger partial charge in [0.25, 0.3) is 0 Å². The van der Waals surface area contributed by atoms with Crippen LogP contribution in [0.25, 0.3) is 0 Å². The Kier molecular flexibility index (Phi) is 4.91. The molecule has 1 atom stereocenters. The SMILES string of the molecule is CC(COc1ccc(Br)c(F)c1)CS(N)(=O)=O. The van der Waals surface area contributed by atoms with Gasteiger partial charge in [-0.15, -0.1) is 0 Å². The summed E-state index contributed by atoms with van der Waals surface area (Å²) in [5, 5.41) is 4.90. The van der Waals surface area contributed by atoms with Gasteiger partial charge >= 0.3 is 0 Å². The topological polar surface area (TPSA) is 69.4 Å². The molecule has 1 aromatic rings. The smallest absolute Gasteiger partial charge is 0.209 e. The Morgan fingerprint density at radius 3 is 2.71 bits per heavy atom. The van der Waals surface area contributed by atoms with Crippen LogP contribution in [0.4, 0.5) is 4.39 Å². The van der Waals surface area contributed by atoms with Gasteiger partial charge in [-0.3, -0.25) is 0 Å². The summed E-state index contributed by atoms with van der Waals surface area (Å²) >= 11 is 3.02. The Balaban J connectivity index is 2.53. The summed E-state index contributed by atoms with van der Waals surface area (Å²) in [6.07, 6.45) is 0. The lowest BCUT2D eigenvalue weighted by Gasteiger charge is -2.12. The summed E-state index contributed by atoms with van der Waals surface area (Å²) in [6, 6.07) is 4.35. The maximum absolute atomic E-state index is 13.1. The molecular weight excluding hydrogens is 313 g/mol. The second-order valence-corrected chi connectivity index (χ2v) is 6.34. The van der Waals surface area contributed by atoms with Crippen LogP contribution in [0.15, 0.2) is 22.7 Å². The van der Waals surface area contributed by atoms with Crippen LogP contribution >= 0.6 is 15.9 Å². The van der Waals surface area contributed by atoms with Gasteiger partial charge in [-0.05, 0) is 28.1 Å². The van der Waals surface area contributed by atoms with Crippen LogP contribution in [0.2, 0.25) is 0 Å². The maximum atomic E-state index is 13.1. The number of halogens is 2. The number of primary sulfonamides is 1. The second kappa shape index (κ2) is 5.79.